The molecule has 1 saturated heterocycles. The van der Waals surface area contributed by atoms with Crippen LogP contribution in [0.5, 0.6) is 5.75 Å². The second-order valence-electron chi connectivity index (χ2n) is 8.00. The van der Waals surface area contributed by atoms with Crippen molar-refractivity contribution in [1.82, 2.24) is 14.1 Å². The maximum atomic E-state index is 13.4. The van der Waals surface area contributed by atoms with E-state index in [-0.39, 0.29) is 17.0 Å². The fourth-order valence-electron chi connectivity index (χ4n) is 3.78. The molecule has 0 N–H and O–H groups in total. The minimum atomic E-state index is -3.59. The summed E-state index contributed by atoms with van der Waals surface area (Å²) >= 11 is 0. The van der Waals surface area contributed by atoms with Crippen molar-refractivity contribution in [2.45, 2.75) is 51.1 Å². The Labute approximate surface area is 165 Å². The monoisotopic (exact) mass is 397 g/mol. The lowest BCUT2D eigenvalue weighted by atomic mass is 10.1. The van der Waals surface area contributed by atoms with E-state index in [1.165, 1.54) is 7.11 Å². The largest absolute Gasteiger partial charge is 0.495 e. The van der Waals surface area contributed by atoms with Crippen LogP contribution >= 0.6 is 0 Å². The van der Waals surface area contributed by atoms with Crippen LogP contribution in [0.25, 0.3) is 0 Å². The van der Waals surface area contributed by atoms with Crippen molar-refractivity contribution in [3.05, 3.63) is 23.3 Å². The third-order valence-electron chi connectivity index (χ3n) is 5.49. The number of piperazine rings is 1. The lowest BCUT2D eigenvalue weighted by Crippen LogP contribution is -2.58. The lowest BCUT2D eigenvalue weighted by Gasteiger charge is -2.44. The van der Waals surface area contributed by atoms with E-state index in [0.29, 0.717) is 18.8 Å². The average molecular weight is 398 g/mol. The van der Waals surface area contributed by atoms with E-state index in [4.69, 9.17) is 4.74 Å². The topological polar surface area (TPSA) is 53.1 Å². The van der Waals surface area contributed by atoms with Gasteiger partial charge in [-0.05, 0) is 78.0 Å². The Morgan fingerprint density at radius 2 is 1.67 bits per heavy atom. The number of ether oxygens (including phenoxy) is 1. The predicted molar refractivity (Wildman–Crippen MR) is 110 cm³/mol. The number of methoxy groups -OCH3 is 1. The van der Waals surface area contributed by atoms with Gasteiger partial charge in [0.15, 0.2) is 0 Å². The fourth-order valence-corrected chi connectivity index (χ4v) is 5.60. The van der Waals surface area contributed by atoms with Gasteiger partial charge >= 0.3 is 0 Å². The average Bonchev–Trinajstić information content (AvgIpc) is 2.58. The molecule has 1 heterocycles. The van der Waals surface area contributed by atoms with Gasteiger partial charge in [-0.3, -0.25) is 4.90 Å². The van der Waals surface area contributed by atoms with E-state index in [9.17, 15) is 8.42 Å². The number of sulfonamides is 1. The van der Waals surface area contributed by atoms with Gasteiger partial charge in [0.25, 0.3) is 0 Å². The first-order chi connectivity index (χ1) is 12.6. The predicted octanol–water partition coefficient (Wildman–Crippen LogP) is 2.35. The van der Waals surface area contributed by atoms with Crippen molar-refractivity contribution in [1.29, 1.82) is 0 Å². The third kappa shape index (κ3) is 5.02. The van der Waals surface area contributed by atoms with Gasteiger partial charge < -0.3 is 9.64 Å². The van der Waals surface area contributed by atoms with Crippen LogP contribution in [-0.4, -0.2) is 82.0 Å². The molecule has 0 spiro atoms. The zero-order valence-electron chi connectivity index (χ0n) is 17.8. The van der Waals surface area contributed by atoms with Crippen molar-refractivity contribution in [2.24, 2.45) is 0 Å². The van der Waals surface area contributed by atoms with Gasteiger partial charge in [0.1, 0.15) is 10.6 Å². The molecule has 2 rings (SSSR count). The van der Waals surface area contributed by atoms with Gasteiger partial charge in [-0.25, -0.2) is 8.42 Å². The Balaban J connectivity index is 2.21. The zero-order chi connectivity index (χ0) is 20.4. The number of hydrogen-bond donors (Lipinski definition) is 0. The van der Waals surface area contributed by atoms with Gasteiger partial charge in [0.2, 0.25) is 10.0 Å². The normalized spacial score (nSPS) is 22.4. The summed E-state index contributed by atoms with van der Waals surface area (Å²) in [7, 11) is 2.09. The summed E-state index contributed by atoms with van der Waals surface area (Å²) in [5, 5.41) is 0. The van der Waals surface area contributed by atoms with Gasteiger partial charge in [-0.15, -0.1) is 0 Å². The summed E-state index contributed by atoms with van der Waals surface area (Å²) in [5.74, 6) is 0.423. The highest BCUT2D eigenvalue weighted by molar-refractivity contribution is 7.89. The molecule has 0 radical (unpaired) electrons. The van der Waals surface area contributed by atoms with Gasteiger partial charge in [0.05, 0.1) is 7.11 Å². The summed E-state index contributed by atoms with van der Waals surface area (Å²) in [4.78, 5) is 4.88. The molecule has 0 amide bonds. The molecular weight excluding hydrogens is 362 g/mol. The van der Waals surface area contributed by atoms with Crippen molar-refractivity contribution in [2.75, 3.05) is 47.4 Å². The second kappa shape index (κ2) is 8.90. The first kappa shape index (κ1) is 22.1. The van der Waals surface area contributed by atoms with Crippen LogP contribution in [-0.2, 0) is 10.0 Å². The molecule has 0 aliphatic carbocycles. The molecule has 1 aliphatic rings. The van der Waals surface area contributed by atoms with E-state index >= 15 is 0 Å². The fraction of sp³-hybridized carbons (Fsp3) is 0.700. The van der Waals surface area contributed by atoms with Gasteiger partial charge in [0, 0.05) is 31.7 Å². The van der Waals surface area contributed by atoms with E-state index < -0.39 is 10.0 Å². The molecule has 0 aromatic heterocycles. The first-order valence-electron chi connectivity index (χ1n) is 9.63. The number of rotatable bonds is 7. The Morgan fingerprint density at radius 3 is 2.19 bits per heavy atom. The molecule has 2 atom stereocenters. The minimum absolute atomic E-state index is 0.184. The quantitative estimate of drug-likeness (QED) is 0.707. The van der Waals surface area contributed by atoms with E-state index in [2.05, 4.69) is 37.7 Å². The molecule has 2 unspecified atom stereocenters. The van der Waals surface area contributed by atoms with Crippen LogP contribution in [0.1, 0.15) is 31.4 Å². The van der Waals surface area contributed by atoms with E-state index in [1.807, 2.05) is 19.9 Å². The number of benzene rings is 1. The highest BCUT2D eigenvalue weighted by Gasteiger charge is 2.37. The molecule has 6 nitrogen and oxygen atoms in total. The van der Waals surface area contributed by atoms with Crippen LogP contribution < -0.4 is 4.74 Å². The summed E-state index contributed by atoms with van der Waals surface area (Å²) in [6.07, 6.45) is 1.08. The van der Waals surface area contributed by atoms with Gasteiger partial charge in [-0.1, -0.05) is 0 Å². The van der Waals surface area contributed by atoms with Crippen molar-refractivity contribution in [3.8, 4) is 5.75 Å². The molecule has 1 fully saturated rings. The minimum Gasteiger partial charge on any atom is -0.495 e. The van der Waals surface area contributed by atoms with Crippen molar-refractivity contribution >= 4 is 10.0 Å². The highest BCUT2D eigenvalue weighted by atomic mass is 32.2. The second-order valence-corrected chi connectivity index (χ2v) is 9.91. The smallest absolute Gasteiger partial charge is 0.246 e. The highest BCUT2D eigenvalue weighted by Crippen LogP contribution is 2.31. The summed E-state index contributed by atoms with van der Waals surface area (Å²) in [6, 6.07) is 3.92. The molecule has 154 valence electrons. The molecule has 1 aromatic rings. The maximum Gasteiger partial charge on any atom is 0.246 e. The number of nitrogens with zero attached hydrogens (tertiary/aromatic N) is 3. The van der Waals surface area contributed by atoms with Crippen LogP contribution in [0.2, 0.25) is 0 Å². The van der Waals surface area contributed by atoms with Crippen LogP contribution in [0.4, 0.5) is 0 Å². The van der Waals surface area contributed by atoms with Crippen molar-refractivity contribution < 1.29 is 13.2 Å². The lowest BCUT2D eigenvalue weighted by molar-refractivity contribution is 0.0739. The molecule has 1 aromatic carbocycles. The Hall–Kier alpha value is -1.15. The third-order valence-corrected chi connectivity index (χ3v) is 7.34. The Kier molecular flexibility index (Phi) is 7.30. The standard InChI is InChI=1S/C20H35N3O3S/c1-15-11-19(26-7)20(12-16(15)2)27(24,25)22-13-17(3)23(18(4)14-22)10-8-9-21(5)6/h11-12,17-18H,8-10,13-14H2,1-7H3. The summed E-state index contributed by atoms with van der Waals surface area (Å²) < 4.78 is 33.7. The summed E-state index contributed by atoms with van der Waals surface area (Å²) in [5.41, 5.74) is 1.98. The molecule has 27 heavy (non-hydrogen) atoms. The SMILES string of the molecule is COc1cc(C)c(C)cc1S(=O)(=O)N1CC(C)N(CCCN(C)C)C(C)C1. The molecule has 1 aliphatic heterocycles. The number of aryl methyl sites for hydroxylation is 2. The van der Waals surface area contributed by atoms with Crippen LogP contribution in [0, 0.1) is 13.8 Å². The molecular formula is C20H35N3O3S. The molecule has 0 saturated carbocycles. The summed E-state index contributed by atoms with van der Waals surface area (Å²) in [6.45, 7) is 11.2. The Morgan fingerprint density at radius 1 is 1.11 bits per heavy atom. The van der Waals surface area contributed by atoms with Crippen molar-refractivity contribution in [3.63, 3.8) is 0 Å². The first-order valence-corrected chi connectivity index (χ1v) is 11.1. The number of hydrogen-bond acceptors (Lipinski definition) is 5. The molecule has 7 heteroatoms. The Bertz CT molecular complexity index is 737. The zero-order valence-corrected chi connectivity index (χ0v) is 18.6. The molecule has 0 bridgehead atoms. The maximum absolute atomic E-state index is 13.4. The van der Waals surface area contributed by atoms with Gasteiger partial charge in [-0.2, -0.15) is 4.31 Å². The van der Waals surface area contributed by atoms with E-state index in [1.54, 1.807) is 10.4 Å². The van der Waals surface area contributed by atoms with E-state index in [0.717, 1.165) is 30.6 Å². The van der Waals surface area contributed by atoms with Crippen LogP contribution in [0.3, 0.4) is 0 Å². The van der Waals surface area contributed by atoms with Crippen LogP contribution in [0.15, 0.2) is 17.0 Å².